The van der Waals surface area contributed by atoms with Gasteiger partial charge in [0.05, 0.1) is 11.4 Å². The highest BCUT2D eigenvalue weighted by molar-refractivity contribution is 7.15. The molecule has 31 heavy (non-hydrogen) atoms. The van der Waals surface area contributed by atoms with Crippen LogP contribution in [0.4, 0.5) is 14.7 Å². The van der Waals surface area contributed by atoms with Crippen LogP contribution < -0.4 is 10.6 Å². The summed E-state index contributed by atoms with van der Waals surface area (Å²) in [6, 6.07) is 5.94. The summed E-state index contributed by atoms with van der Waals surface area (Å²) in [5.74, 6) is -1.23. The zero-order valence-electron chi connectivity index (χ0n) is 17.4. The molecule has 4 heterocycles. The third-order valence-electron chi connectivity index (χ3n) is 5.03. The van der Waals surface area contributed by atoms with Gasteiger partial charge in [-0.2, -0.15) is 0 Å². The number of halogens is 2. The first-order valence-electron chi connectivity index (χ1n) is 10.4. The summed E-state index contributed by atoms with van der Waals surface area (Å²) in [6.45, 7) is 5.94. The highest BCUT2D eigenvalue weighted by Crippen LogP contribution is 2.34. The highest BCUT2D eigenvalue weighted by Gasteiger charge is 2.20. The number of aromatic nitrogens is 4. The van der Waals surface area contributed by atoms with Crippen LogP contribution in [0.25, 0.3) is 27.6 Å². The van der Waals surface area contributed by atoms with E-state index in [9.17, 15) is 8.78 Å². The van der Waals surface area contributed by atoms with Gasteiger partial charge in [0.1, 0.15) is 5.69 Å². The second kappa shape index (κ2) is 9.49. The van der Waals surface area contributed by atoms with E-state index in [1.165, 1.54) is 23.5 Å². The minimum Gasteiger partial charge on any atom is -0.351 e. The molecular formula is C22H24F2N6S. The predicted molar refractivity (Wildman–Crippen MR) is 120 cm³/mol. The number of nitrogens with zero attached hydrogens (tertiary/aromatic N) is 4. The van der Waals surface area contributed by atoms with Gasteiger partial charge in [-0.25, -0.2) is 23.7 Å². The predicted octanol–water partition coefficient (Wildman–Crippen LogP) is 4.99. The first kappa shape index (κ1) is 21.3. The lowest BCUT2D eigenvalue weighted by molar-refractivity contribution is 0.477. The minimum atomic E-state index is -0.902. The second-order valence-electron chi connectivity index (χ2n) is 6.93. The van der Waals surface area contributed by atoms with Gasteiger partial charge in [-0.1, -0.05) is 13.8 Å². The number of anilines is 1. The van der Waals surface area contributed by atoms with Crippen LogP contribution in [-0.2, 0) is 0 Å². The van der Waals surface area contributed by atoms with E-state index in [1.807, 2.05) is 29.8 Å². The number of imidazole rings is 1. The maximum Gasteiger partial charge on any atom is 0.223 e. The van der Waals surface area contributed by atoms with Gasteiger partial charge in [0, 0.05) is 29.4 Å². The monoisotopic (exact) mass is 442 g/mol. The van der Waals surface area contributed by atoms with Crippen LogP contribution in [0.5, 0.6) is 0 Å². The number of nitrogens with one attached hydrogen (secondary N) is 2. The molecule has 0 bridgehead atoms. The molecule has 5 rings (SSSR count). The molecular weight excluding hydrogens is 418 g/mol. The molecule has 162 valence electrons. The molecule has 3 aromatic heterocycles. The molecule has 1 aromatic carbocycles. The molecule has 0 spiro atoms. The van der Waals surface area contributed by atoms with Crippen molar-refractivity contribution in [2.24, 2.45) is 0 Å². The third-order valence-corrected chi connectivity index (χ3v) is 5.78. The fourth-order valence-corrected chi connectivity index (χ4v) is 4.30. The molecule has 0 saturated carbocycles. The van der Waals surface area contributed by atoms with Crippen LogP contribution in [0, 0.1) is 11.6 Å². The molecule has 0 radical (unpaired) electrons. The normalized spacial score (nSPS) is 14.3. The van der Waals surface area contributed by atoms with Crippen LogP contribution in [-0.4, -0.2) is 38.5 Å². The first-order chi connectivity index (χ1) is 15.2. The van der Waals surface area contributed by atoms with Gasteiger partial charge in [-0.3, -0.25) is 4.40 Å². The summed E-state index contributed by atoms with van der Waals surface area (Å²) < 4.78 is 29.2. The lowest BCUT2D eigenvalue weighted by Gasteiger charge is -2.23. The van der Waals surface area contributed by atoms with Crippen LogP contribution in [0.1, 0.15) is 26.7 Å². The van der Waals surface area contributed by atoms with Crippen LogP contribution in [0.15, 0.2) is 42.0 Å². The van der Waals surface area contributed by atoms with E-state index in [0.717, 1.165) is 42.7 Å². The van der Waals surface area contributed by atoms with Gasteiger partial charge < -0.3 is 10.6 Å². The Morgan fingerprint density at radius 2 is 1.90 bits per heavy atom. The maximum atomic E-state index is 13.9. The van der Waals surface area contributed by atoms with Crippen LogP contribution >= 0.6 is 11.3 Å². The van der Waals surface area contributed by atoms with E-state index in [4.69, 9.17) is 4.98 Å². The largest absolute Gasteiger partial charge is 0.351 e. The Bertz CT molecular complexity index is 1170. The molecule has 1 aliphatic rings. The molecule has 0 unspecified atom stereocenters. The lowest BCUT2D eigenvalue weighted by atomic mass is 10.1. The maximum absolute atomic E-state index is 13.9. The number of thiazole rings is 1. The van der Waals surface area contributed by atoms with E-state index in [2.05, 4.69) is 20.6 Å². The SMILES string of the molecule is CC.Fc1ccc(-c2nc3sccn3c2-c2ccnc(NC3CCNCC3)n2)cc1F. The summed E-state index contributed by atoms with van der Waals surface area (Å²) in [6.07, 6.45) is 5.62. The minimum absolute atomic E-state index is 0.323. The summed E-state index contributed by atoms with van der Waals surface area (Å²) in [4.78, 5) is 14.5. The zero-order chi connectivity index (χ0) is 21.8. The molecule has 2 N–H and O–H groups in total. The fourth-order valence-electron chi connectivity index (χ4n) is 3.58. The van der Waals surface area contributed by atoms with E-state index in [-0.39, 0.29) is 0 Å². The highest BCUT2D eigenvalue weighted by atomic mass is 32.1. The molecule has 6 nitrogen and oxygen atoms in total. The van der Waals surface area contributed by atoms with E-state index in [0.29, 0.717) is 28.9 Å². The van der Waals surface area contributed by atoms with E-state index in [1.54, 1.807) is 12.3 Å². The number of hydrogen-bond acceptors (Lipinski definition) is 6. The standard InChI is InChI=1S/C20H18F2N6S.C2H6/c21-14-2-1-12(11-15(14)22)17-18(28-9-10-29-20(28)27-17)16-5-8-24-19(26-16)25-13-3-6-23-7-4-13;1-2/h1-2,5,8-11,13,23H,3-4,6-7H2,(H,24,25,26);1-2H3. The Labute approximate surface area is 183 Å². The molecule has 0 atom stereocenters. The van der Waals surface area contributed by atoms with Gasteiger partial charge in [-0.15, -0.1) is 11.3 Å². The number of piperidine rings is 1. The van der Waals surface area contributed by atoms with Gasteiger partial charge in [0.25, 0.3) is 0 Å². The molecule has 9 heteroatoms. The average Bonchev–Trinajstić information content (AvgIpc) is 3.39. The summed E-state index contributed by atoms with van der Waals surface area (Å²) in [7, 11) is 0. The first-order valence-corrected chi connectivity index (χ1v) is 11.3. The molecule has 4 aromatic rings. The van der Waals surface area contributed by atoms with Crippen molar-refractivity contribution in [2.45, 2.75) is 32.7 Å². The van der Waals surface area contributed by atoms with Gasteiger partial charge in [0.2, 0.25) is 5.95 Å². The van der Waals surface area contributed by atoms with Gasteiger partial charge in [0.15, 0.2) is 16.6 Å². The average molecular weight is 443 g/mol. The molecule has 1 aliphatic heterocycles. The molecule has 0 aliphatic carbocycles. The van der Waals surface area contributed by atoms with E-state index < -0.39 is 11.6 Å². The Balaban J connectivity index is 0.00000112. The van der Waals surface area contributed by atoms with Crippen molar-refractivity contribution in [2.75, 3.05) is 18.4 Å². The van der Waals surface area contributed by atoms with Gasteiger partial charge in [-0.05, 0) is 50.2 Å². The van der Waals surface area contributed by atoms with Crippen molar-refractivity contribution in [1.82, 2.24) is 24.7 Å². The van der Waals surface area contributed by atoms with Crippen molar-refractivity contribution < 1.29 is 8.78 Å². The van der Waals surface area contributed by atoms with Crippen molar-refractivity contribution in [3.05, 3.63) is 53.7 Å². The summed E-state index contributed by atoms with van der Waals surface area (Å²) in [5.41, 5.74) is 2.45. The quantitative estimate of drug-likeness (QED) is 0.466. The number of hydrogen-bond donors (Lipinski definition) is 2. The topological polar surface area (TPSA) is 67.1 Å². The fraction of sp³-hybridized carbons (Fsp3) is 0.318. The van der Waals surface area contributed by atoms with Crippen LogP contribution in [0.2, 0.25) is 0 Å². The van der Waals surface area contributed by atoms with Gasteiger partial charge >= 0.3 is 0 Å². The van der Waals surface area contributed by atoms with Crippen molar-refractivity contribution >= 4 is 22.2 Å². The Kier molecular flexibility index (Phi) is 6.53. The Morgan fingerprint density at radius 1 is 1.10 bits per heavy atom. The summed E-state index contributed by atoms with van der Waals surface area (Å²) >= 11 is 1.47. The third kappa shape index (κ3) is 4.42. The number of fused-ring (bicyclic) bond motifs is 1. The van der Waals surface area contributed by atoms with Crippen molar-refractivity contribution in [1.29, 1.82) is 0 Å². The van der Waals surface area contributed by atoms with Crippen molar-refractivity contribution in [3.63, 3.8) is 0 Å². The molecule has 1 fully saturated rings. The second-order valence-corrected chi connectivity index (χ2v) is 7.80. The Hall–Kier alpha value is -2.91. The smallest absolute Gasteiger partial charge is 0.223 e. The number of benzene rings is 1. The summed E-state index contributed by atoms with van der Waals surface area (Å²) in [5, 5.41) is 8.67. The van der Waals surface area contributed by atoms with E-state index >= 15 is 0 Å². The van der Waals surface area contributed by atoms with Crippen molar-refractivity contribution in [3.8, 4) is 22.6 Å². The zero-order valence-corrected chi connectivity index (χ0v) is 18.2. The Morgan fingerprint density at radius 3 is 2.68 bits per heavy atom. The lowest BCUT2D eigenvalue weighted by Crippen LogP contribution is -2.35. The van der Waals surface area contributed by atoms with Crippen LogP contribution in [0.3, 0.4) is 0 Å². The molecule has 1 saturated heterocycles. The number of rotatable bonds is 4. The molecule has 0 amide bonds.